The maximum atomic E-state index is 6.20. The Morgan fingerprint density at radius 2 is 1.94 bits per heavy atom. The Bertz CT molecular complexity index is 563. The van der Waals surface area contributed by atoms with Crippen LogP contribution in [0.2, 0.25) is 10.0 Å². The van der Waals surface area contributed by atoms with Crippen LogP contribution in [0.5, 0.6) is 0 Å². The van der Waals surface area contributed by atoms with E-state index in [4.69, 9.17) is 33.4 Å². The predicted octanol–water partition coefficient (Wildman–Crippen LogP) is 4.45. The van der Waals surface area contributed by atoms with Crippen LogP contribution in [0.25, 0.3) is 0 Å². The highest BCUT2D eigenvalue weighted by Gasteiger charge is 2.15. The third kappa shape index (κ3) is 2.89. The molecule has 0 fully saturated rings. The van der Waals surface area contributed by atoms with Gasteiger partial charge in [0.05, 0.1) is 0 Å². The van der Waals surface area contributed by atoms with Gasteiger partial charge in [-0.1, -0.05) is 29.3 Å². The molecule has 2 aromatic rings. The van der Waals surface area contributed by atoms with E-state index in [1.807, 2.05) is 32.0 Å². The van der Waals surface area contributed by atoms with Crippen LogP contribution in [0.3, 0.4) is 0 Å². The van der Waals surface area contributed by atoms with Crippen LogP contribution >= 0.6 is 23.2 Å². The van der Waals surface area contributed by atoms with Gasteiger partial charge >= 0.3 is 0 Å². The highest BCUT2D eigenvalue weighted by atomic mass is 35.5. The van der Waals surface area contributed by atoms with Crippen molar-refractivity contribution in [3.8, 4) is 0 Å². The topological polar surface area (TPSA) is 39.2 Å². The molecule has 2 rings (SSSR count). The summed E-state index contributed by atoms with van der Waals surface area (Å²) in [6.07, 6.45) is 0.663. The Labute approximate surface area is 117 Å². The number of nitrogens with two attached hydrogens (primary N) is 1. The van der Waals surface area contributed by atoms with E-state index in [-0.39, 0.29) is 6.04 Å². The number of benzene rings is 1. The summed E-state index contributed by atoms with van der Waals surface area (Å²) < 4.78 is 5.49. The van der Waals surface area contributed by atoms with Gasteiger partial charge in [0.1, 0.15) is 11.5 Å². The predicted molar refractivity (Wildman–Crippen MR) is 75.3 cm³/mol. The lowest BCUT2D eigenvalue weighted by molar-refractivity contribution is 0.497. The number of halogens is 2. The van der Waals surface area contributed by atoms with Gasteiger partial charge in [-0.25, -0.2) is 0 Å². The zero-order chi connectivity index (χ0) is 13.3. The first-order valence-corrected chi connectivity index (χ1v) is 6.49. The molecule has 0 spiro atoms. The van der Waals surface area contributed by atoms with Gasteiger partial charge in [-0.05, 0) is 44.0 Å². The molecule has 0 aliphatic carbocycles. The van der Waals surface area contributed by atoms with Gasteiger partial charge in [0, 0.05) is 21.7 Å². The molecule has 0 aliphatic rings. The van der Waals surface area contributed by atoms with Crippen molar-refractivity contribution in [3.05, 3.63) is 57.0 Å². The molecule has 0 bridgehead atoms. The maximum Gasteiger partial charge on any atom is 0.105 e. The second-order valence-corrected chi connectivity index (χ2v) is 5.26. The molecule has 2 N–H and O–H groups in total. The molecule has 1 atom stereocenters. The van der Waals surface area contributed by atoms with Crippen LogP contribution < -0.4 is 5.73 Å². The van der Waals surface area contributed by atoms with Crippen LogP contribution in [0.4, 0.5) is 0 Å². The van der Waals surface area contributed by atoms with E-state index >= 15 is 0 Å². The summed E-state index contributed by atoms with van der Waals surface area (Å²) >= 11 is 12.0. The van der Waals surface area contributed by atoms with Crippen molar-refractivity contribution in [3.63, 3.8) is 0 Å². The first-order chi connectivity index (χ1) is 8.47. The fourth-order valence-corrected chi connectivity index (χ4v) is 2.54. The average Bonchev–Trinajstić information content (AvgIpc) is 2.62. The van der Waals surface area contributed by atoms with Gasteiger partial charge in [-0.15, -0.1) is 0 Å². The van der Waals surface area contributed by atoms with Gasteiger partial charge in [-0.2, -0.15) is 0 Å². The molecule has 1 heterocycles. The lowest BCUT2D eigenvalue weighted by atomic mass is 10.00. The van der Waals surface area contributed by atoms with Gasteiger partial charge in [0.15, 0.2) is 0 Å². The van der Waals surface area contributed by atoms with Crippen LogP contribution in [-0.4, -0.2) is 0 Å². The Kier molecular flexibility index (Phi) is 4.00. The van der Waals surface area contributed by atoms with Gasteiger partial charge < -0.3 is 10.2 Å². The first-order valence-electron chi connectivity index (χ1n) is 5.74. The van der Waals surface area contributed by atoms with E-state index in [0.717, 1.165) is 22.6 Å². The lowest BCUT2D eigenvalue weighted by Gasteiger charge is -2.12. The zero-order valence-electron chi connectivity index (χ0n) is 10.3. The summed E-state index contributed by atoms with van der Waals surface area (Å²) in [5, 5.41) is 1.28. The molecule has 0 radical (unpaired) electrons. The Morgan fingerprint density at radius 3 is 2.50 bits per heavy atom. The maximum absolute atomic E-state index is 6.20. The minimum atomic E-state index is -0.124. The summed E-state index contributed by atoms with van der Waals surface area (Å²) in [5.74, 6) is 1.74. The fraction of sp³-hybridized carbons (Fsp3) is 0.286. The smallest absolute Gasteiger partial charge is 0.105 e. The van der Waals surface area contributed by atoms with E-state index in [2.05, 4.69) is 0 Å². The van der Waals surface area contributed by atoms with E-state index in [1.165, 1.54) is 0 Å². The molecule has 1 aromatic carbocycles. The van der Waals surface area contributed by atoms with Gasteiger partial charge in [0.25, 0.3) is 0 Å². The third-order valence-electron chi connectivity index (χ3n) is 2.93. The SMILES string of the molecule is Cc1cc(C(N)Cc2ccc(Cl)cc2Cl)c(C)o1. The highest BCUT2D eigenvalue weighted by Crippen LogP contribution is 2.27. The molecule has 0 saturated heterocycles. The quantitative estimate of drug-likeness (QED) is 0.904. The summed E-state index contributed by atoms with van der Waals surface area (Å²) in [7, 11) is 0. The molecular weight excluding hydrogens is 269 g/mol. The second-order valence-electron chi connectivity index (χ2n) is 4.41. The van der Waals surface area contributed by atoms with E-state index in [1.54, 1.807) is 6.07 Å². The summed E-state index contributed by atoms with van der Waals surface area (Å²) in [5.41, 5.74) is 8.22. The number of furan rings is 1. The molecule has 0 amide bonds. The lowest BCUT2D eigenvalue weighted by Crippen LogP contribution is -2.13. The van der Waals surface area contributed by atoms with Crippen molar-refractivity contribution < 1.29 is 4.42 Å². The van der Waals surface area contributed by atoms with Crippen molar-refractivity contribution >= 4 is 23.2 Å². The van der Waals surface area contributed by atoms with E-state index in [9.17, 15) is 0 Å². The zero-order valence-corrected chi connectivity index (χ0v) is 11.8. The Hall–Kier alpha value is -0.960. The molecular formula is C14H15Cl2NO. The third-order valence-corrected chi connectivity index (χ3v) is 3.52. The minimum Gasteiger partial charge on any atom is -0.466 e. The van der Waals surface area contributed by atoms with Crippen LogP contribution in [0, 0.1) is 13.8 Å². The Balaban J connectivity index is 2.21. The van der Waals surface area contributed by atoms with E-state index in [0.29, 0.717) is 16.5 Å². The molecule has 0 aliphatic heterocycles. The summed E-state index contributed by atoms with van der Waals surface area (Å²) in [6, 6.07) is 7.32. The minimum absolute atomic E-state index is 0.124. The molecule has 2 nitrogen and oxygen atoms in total. The molecule has 0 saturated carbocycles. The summed E-state index contributed by atoms with van der Waals surface area (Å²) in [4.78, 5) is 0. The van der Waals surface area contributed by atoms with Crippen molar-refractivity contribution in [2.45, 2.75) is 26.3 Å². The van der Waals surface area contributed by atoms with Crippen LogP contribution in [-0.2, 0) is 6.42 Å². The number of rotatable bonds is 3. The second kappa shape index (κ2) is 5.35. The normalized spacial score (nSPS) is 12.7. The van der Waals surface area contributed by atoms with Crippen molar-refractivity contribution in [2.24, 2.45) is 5.73 Å². The number of aryl methyl sites for hydroxylation is 2. The average molecular weight is 284 g/mol. The van der Waals surface area contributed by atoms with Crippen LogP contribution in [0.15, 0.2) is 28.7 Å². The van der Waals surface area contributed by atoms with Crippen molar-refractivity contribution in [1.29, 1.82) is 0 Å². The highest BCUT2D eigenvalue weighted by molar-refractivity contribution is 6.35. The van der Waals surface area contributed by atoms with Crippen molar-refractivity contribution in [2.75, 3.05) is 0 Å². The van der Waals surface area contributed by atoms with Gasteiger partial charge in [-0.3, -0.25) is 0 Å². The molecule has 18 heavy (non-hydrogen) atoms. The standard InChI is InChI=1S/C14H15Cl2NO/c1-8-5-12(9(2)18-8)14(17)6-10-3-4-11(15)7-13(10)16/h3-5,7,14H,6,17H2,1-2H3. The fourth-order valence-electron chi connectivity index (χ4n) is 2.05. The molecule has 4 heteroatoms. The molecule has 96 valence electrons. The van der Waals surface area contributed by atoms with Crippen molar-refractivity contribution in [1.82, 2.24) is 0 Å². The van der Waals surface area contributed by atoms with Gasteiger partial charge in [0.2, 0.25) is 0 Å². The van der Waals surface area contributed by atoms with E-state index < -0.39 is 0 Å². The largest absolute Gasteiger partial charge is 0.466 e. The monoisotopic (exact) mass is 283 g/mol. The summed E-state index contributed by atoms with van der Waals surface area (Å²) in [6.45, 7) is 3.84. The molecule has 1 aromatic heterocycles. The number of hydrogen-bond acceptors (Lipinski definition) is 2. The molecule has 1 unspecified atom stereocenters. The van der Waals surface area contributed by atoms with Crippen LogP contribution in [0.1, 0.15) is 28.7 Å². The Morgan fingerprint density at radius 1 is 1.22 bits per heavy atom. The number of hydrogen-bond donors (Lipinski definition) is 1. The first kappa shape index (κ1) is 13.5.